The molecule has 4 atom stereocenters. The molecule has 4 aliphatic rings. The van der Waals surface area contributed by atoms with Gasteiger partial charge in [-0.15, -0.1) is 0 Å². The largest absolute Gasteiger partial charge is 0.485 e. The fraction of sp³-hybridized carbons (Fsp3) is 0.417. The summed E-state index contributed by atoms with van der Waals surface area (Å²) in [4.78, 5) is 37.6. The maximum absolute atomic E-state index is 12.6. The summed E-state index contributed by atoms with van der Waals surface area (Å²) >= 11 is 0. The van der Waals surface area contributed by atoms with E-state index >= 15 is 0 Å². The number of likely N-dealkylation sites (tertiary alicyclic amines) is 1. The first kappa shape index (κ1) is 30.6. The van der Waals surface area contributed by atoms with Crippen LogP contribution in [0, 0.1) is 0 Å². The molecule has 1 N–H and O–H groups in total. The van der Waals surface area contributed by atoms with Gasteiger partial charge < -0.3 is 23.9 Å². The van der Waals surface area contributed by atoms with Crippen LogP contribution in [0.1, 0.15) is 61.8 Å². The predicted molar refractivity (Wildman–Crippen MR) is 168 cm³/mol. The van der Waals surface area contributed by atoms with Crippen LogP contribution in [-0.4, -0.2) is 60.6 Å². The predicted octanol–water partition coefficient (Wildman–Crippen LogP) is 5.01. The van der Waals surface area contributed by atoms with Crippen molar-refractivity contribution < 1.29 is 33.0 Å². The number of rotatable bonds is 7. The van der Waals surface area contributed by atoms with E-state index in [0.29, 0.717) is 11.5 Å². The number of esters is 2. The van der Waals surface area contributed by atoms with Crippen LogP contribution in [0.25, 0.3) is 6.08 Å². The number of benzene rings is 2. The van der Waals surface area contributed by atoms with E-state index in [9.17, 15) is 14.4 Å². The summed E-state index contributed by atoms with van der Waals surface area (Å²) in [5.74, 6) is 0.459. The smallest absolute Gasteiger partial charge is 0.308 e. The first-order chi connectivity index (χ1) is 21.8. The lowest BCUT2D eigenvalue weighted by molar-refractivity contribution is -0.215. The Balaban J connectivity index is 0.000000276. The van der Waals surface area contributed by atoms with Gasteiger partial charge in [-0.05, 0) is 74.4 Å². The third kappa shape index (κ3) is 5.54. The molecule has 1 saturated carbocycles. The highest BCUT2D eigenvalue weighted by Gasteiger charge is 2.73. The van der Waals surface area contributed by atoms with E-state index in [1.54, 1.807) is 31.7 Å². The Morgan fingerprint density at radius 3 is 2.60 bits per heavy atom. The molecule has 236 valence electrons. The molecule has 45 heavy (non-hydrogen) atoms. The van der Waals surface area contributed by atoms with Gasteiger partial charge in [0.25, 0.3) is 0 Å². The second-order valence-corrected chi connectivity index (χ2v) is 12.2. The molecular formula is C36H40N2O7. The second kappa shape index (κ2) is 12.6. The molecule has 3 heterocycles. The minimum Gasteiger partial charge on any atom is -0.485 e. The number of nitrogens with zero attached hydrogens (tertiary/aromatic N) is 1. The number of piperidine rings is 1. The molecule has 1 saturated heterocycles. The summed E-state index contributed by atoms with van der Waals surface area (Å²) in [6.07, 6.45) is 11.5. The van der Waals surface area contributed by atoms with E-state index < -0.39 is 11.0 Å². The Hall–Kier alpha value is -4.37. The minimum absolute atomic E-state index is 0.0786. The van der Waals surface area contributed by atoms with Crippen LogP contribution in [0.3, 0.4) is 0 Å². The molecule has 9 heteroatoms. The highest BCUT2D eigenvalue weighted by atomic mass is 16.6. The molecule has 2 bridgehead atoms. The standard InChI is InChI=1S/C28H31NO5.C8H9NO2/c1-18(30)32-22-11-10-21-17-23-28(34-19(2)31)13-6-9-24-27(28,25(21)26(22)33-24)14-16-29(23)15-12-20-7-4-3-5-8-20;1-9-8(10)3-2-7-4-5-11-6-7/h3-5,7-8,10-11,23-24H,6,9,12-17H2,1-2H3;2-6H,1H3,(H,9,10)/b;3-2+/t23-,24+,27-,28-;/m1./s1. The number of carbonyl (C=O) groups excluding carboxylic acids is 3. The van der Waals surface area contributed by atoms with Gasteiger partial charge in [0.1, 0.15) is 11.7 Å². The molecule has 1 aromatic heterocycles. The molecule has 2 aromatic carbocycles. The summed E-state index contributed by atoms with van der Waals surface area (Å²) < 4.78 is 23.4. The van der Waals surface area contributed by atoms with Gasteiger partial charge in [0.05, 0.1) is 24.0 Å². The summed E-state index contributed by atoms with van der Waals surface area (Å²) in [6, 6.07) is 16.4. The quantitative estimate of drug-likeness (QED) is 0.226. The topological polar surface area (TPSA) is 107 Å². The summed E-state index contributed by atoms with van der Waals surface area (Å²) in [6.45, 7) is 4.79. The van der Waals surface area contributed by atoms with E-state index in [4.69, 9.17) is 18.6 Å². The summed E-state index contributed by atoms with van der Waals surface area (Å²) in [5, 5.41) is 2.47. The van der Waals surface area contributed by atoms with Gasteiger partial charge in [-0.2, -0.15) is 0 Å². The molecule has 7 rings (SSSR count). The molecule has 2 fully saturated rings. The van der Waals surface area contributed by atoms with Crippen molar-refractivity contribution in [3.8, 4) is 11.5 Å². The molecule has 2 aliphatic carbocycles. The zero-order valence-corrected chi connectivity index (χ0v) is 26.0. The number of furan rings is 1. The fourth-order valence-corrected chi connectivity index (χ4v) is 8.09. The molecular weight excluding hydrogens is 572 g/mol. The number of hydrogen-bond donors (Lipinski definition) is 1. The number of nitrogens with one attached hydrogen (secondary N) is 1. The number of carbonyl (C=O) groups is 3. The Morgan fingerprint density at radius 2 is 1.89 bits per heavy atom. The number of ether oxygens (including phenoxy) is 3. The van der Waals surface area contributed by atoms with Crippen LogP contribution in [0.4, 0.5) is 0 Å². The van der Waals surface area contributed by atoms with Crippen LogP contribution in [0.2, 0.25) is 0 Å². The van der Waals surface area contributed by atoms with Crippen LogP contribution in [-0.2, 0) is 37.4 Å². The highest BCUT2D eigenvalue weighted by molar-refractivity contribution is 5.91. The molecule has 9 nitrogen and oxygen atoms in total. The lowest BCUT2D eigenvalue weighted by atomic mass is 9.49. The van der Waals surface area contributed by atoms with E-state index in [2.05, 4.69) is 40.5 Å². The van der Waals surface area contributed by atoms with Crippen molar-refractivity contribution in [2.75, 3.05) is 20.1 Å². The third-order valence-electron chi connectivity index (χ3n) is 9.75. The first-order valence-electron chi connectivity index (χ1n) is 15.7. The van der Waals surface area contributed by atoms with Gasteiger partial charge in [-0.25, -0.2) is 0 Å². The molecule has 3 aromatic rings. The van der Waals surface area contributed by atoms with Crippen molar-refractivity contribution in [1.29, 1.82) is 0 Å². The minimum atomic E-state index is -0.635. The maximum Gasteiger partial charge on any atom is 0.308 e. The average Bonchev–Trinajstić information content (AvgIpc) is 3.67. The third-order valence-corrected chi connectivity index (χ3v) is 9.75. The Labute approximate surface area is 263 Å². The molecule has 0 radical (unpaired) electrons. The Morgan fingerprint density at radius 1 is 1.07 bits per heavy atom. The van der Waals surface area contributed by atoms with Crippen molar-refractivity contribution in [2.24, 2.45) is 0 Å². The Kier molecular flexibility index (Phi) is 8.55. The second-order valence-electron chi connectivity index (χ2n) is 12.2. The summed E-state index contributed by atoms with van der Waals surface area (Å²) in [5.41, 5.74) is 3.52. The van der Waals surface area contributed by atoms with Crippen molar-refractivity contribution >= 4 is 23.9 Å². The van der Waals surface area contributed by atoms with Crippen LogP contribution < -0.4 is 14.8 Å². The van der Waals surface area contributed by atoms with E-state index in [1.807, 2.05) is 12.1 Å². The van der Waals surface area contributed by atoms with Crippen LogP contribution in [0.15, 0.2) is 71.6 Å². The van der Waals surface area contributed by atoms with Gasteiger partial charge in [0.2, 0.25) is 5.91 Å². The highest BCUT2D eigenvalue weighted by Crippen LogP contribution is 2.66. The van der Waals surface area contributed by atoms with Gasteiger partial charge in [-0.3, -0.25) is 19.3 Å². The fourth-order valence-electron chi connectivity index (χ4n) is 8.09. The van der Waals surface area contributed by atoms with E-state index in [0.717, 1.165) is 62.7 Å². The van der Waals surface area contributed by atoms with Crippen LogP contribution in [0.5, 0.6) is 11.5 Å². The zero-order chi connectivity index (χ0) is 31.6. The number of likely N-dealkylation sites (N-methyl/N-ethyl adjacent to an activating group) is 1. The number of hydrogen-bond acceptors (Lipinski definition) is 8. The van der Waals surface area contributed by atoms with E-state index in [1.165, 1.54) is 31.1 Å². The SMILES string of the molecule is CC(=O)Oc1ccc2c3c1O[C@H]1CCC[C@@]4(OC(C)=O)[C@@H](C2)N(CCc2ccccc2)CC[C@]314.CNC(=O)/C=C/c1ccoc1. The molecule has 1 amide bonds. The number of amides is 1. The van der Waals surface area contributed by atoms with Crippen molar-refractivity contribution in [3.05, 3.63) is 89.4 Å². The molecule has 2 aliphatic heterocycles. The maximum atomic E-state index is 12.6. The van der Waals surface area contributed by atoms with Crippen molar-refractivity contribution in [3.63, 3.8) is 0 Å². The van der Waals surface area contributed by atoms with Crippen LogP contribution >= 0.6 is 0 Å². The van der Waals surface area contributed by atoms with Gasteiger partial charge in [0, 0.05) is 44.6 Å². The van der Waals surface area contributed by atoms with Gasteiger partial charge >= 0.3 is 11.9 Å². The summed E-state index contributed by atoms with van der Waals surface area (Å²) in [7, 11) is 1.59. The van der Waals surface area contributed by atoms with Gasteiger partial charge in [-0.1, -0.05) is 36.4 Å². The first-order valence-corrected chi connectivity index (χ1v) is 15.7. The van der Waals surface area contributed by atoms with Gasteiger partial charge in [0.15, 0.2) is 11.5 Å². The average molecular weight is 613 g/mol. The van der Waals surface area contributed by atoms with E-state index in [-0.39, 0.29) is 30.0 Å². The van der Waals surface area contributed by atoms with Crippen molar-refractivity contribution in [1.82, 2.24) is 10.2 Å². The van der Waals surface area contributed by atoms with Crippen molar-refractivity contribution in [2.45, 2.75) is 75.5 Å². The molecule has 0 unspecified atom stereocenters. The molecule has 1 spiro atoms. The lowest BCUT2D eigenvalue weighted by Crippen LogP contribution is -2.76. The monoisotopic (exact) mass is 612 g/mol. The lowest BCUT2D eigenvalue weighted by Gasteiger charge is -2.64. The Bertz CT molecular complexity index is 1580. The normalized spacial score (nSPS) is 25.8. The zero-order valence-electron chi connectivity index (χ0n) is 26.0.